The van der Waals surface area contributed by atoms with Crippen molar-refractivity contribution in [2.45, 2.75) is 75.3 Å². The van der Waals surface area contributed by atoms with Gasteiger partial charge in [-0.25, -0.2) is 13.1 Å². The van der Waals surface area contributed by atoms with Crippen molar-refractivity contribution < 1.29 is 18.0 Å². The van der Waals surface area contributed by atoms with Crippen molar-refractivity contribution in [2.75, 3.05) is 6.54 Å². The Hall–Kier alpha value is -1.93. The molecule has 0 spiro atoms. The average molecular weight is 436 g/mol. The second-order valence-electron chi connectivity index (χ2n) is 8.60. The van der Waals surface area contributed by atoms with Gasteiger partial charge in [-0.05, 0) is 63.5 Å². The fraction of sp³-hybridized carbons (Fsp3) is 0.636. The first kappa shape index (κ1) is 22.7. The lowest BCUT2D eigenvalue weighted by molar-refractivity contribution is -0.131. The number of benzene rings is 1. The Bertz CT molecular complexity index is 814. The van der Waals surface area contributed by atoms with E-state index < -0.39 is 16.1 Å². The molecular weight excluding hydrogens is 402 g/mol. The van der Waals surface area contributed by atoms with Gasteiger partial charge in [0.1, 0.15) is 6.04 Å². The molecule has 2 saturated carbocycles. The van der Waals surface area contributed by atoms with Crippen LogP contribution in [0.2, 0.25) is 0 Å². The van der Waals surface area contributed by atoms with E-state index in [-0.39, 0.29) is 34.6 Å². The Kier molecular flexibility index (Phi) is 7.88. The summed E-state index contributed by atoms with van der Waals surface area (Å²) in [5, 5.41) is 5.87. The number of hydrogen-bond donors (Lipinski definition) is 3. The van der Waals surface area contributed by atoms with E-state index in [9.17, 15) is 18.0 Å². The molecule has 2 aliphatic rings. The van der Waals surface area contributed by atoms with Gasteiger partial charge in [-0.15, -0.1) is 0 Å². The minimum Gasteiger partial charge on any atom is -0.352 e. The highest BCUT2D eigenvalue weighted by Gasteiger charge is 2.29. The van der Waals surface area contributed by atoms with Crippen LogP contribution in [-0.4, -0.2) is 38.9 Å². The Labute approximate surface area is 179 Å². The minimum atomic E-state index is -3.50. The fourth-order valence-corrected chi connectivity index (χ4v) is 5.47. The van der Waals surface area contributed by atoms with Crippen molar-refractivity contribution in [3.63, 3.8) is 0 Å². The maximum absolute atomic E-state index is 12.6. The highest BCUT2D eigenvalue weighted by Crippen LogP contribution is 2.29. The number of carbonyl (C=O) groups excluding carboxylic acids is 2. The molecule has 7 nitrogen and oxygen atoms in total. The smallest absolute Gasteiger partial charge is 0.242 e. The second-order valence-corrected chi connectivity index (χ2v) is 10.4. The number of carbonyl (C=O) groups is 2. The quantitative estimate of drug-likeness (QED) is 0.583. The molecule has 0 aliphatic heterocycles. The lowest BCUT2D eigenvalue weighted by Gasteiger charge is -2.28. The van der Waals surface area contributed by atoms with Crippen molar-refractivity contribution in [2.24, 2.45) is 11.8 Å². The predicted molar refractivity (Wildman–Crippen MR) is 115 cm³/mol. The number of hydrogen-bond acceptors (Lipinski definition) is 4. The Morgan fingerprint density at radius 3 is 2.27 bits per heavy atom. The van der Waals surface area contributed by atoms with E-state index in [1.54, 1.807) is 37.3 Å². The molecule has 0 unspecified atom stereocenters. The van der Waals surface area contributed by atoms with Crippen molar-refractivity contribution in [1.82, 2.24) is 15.4 Å². The Morgan fingerprint density at radius 2 is 1.63 bits per heavy atom. The molecule has 166 valence electrons. The normalized spacial score (nSPS) is 23.6. The van der Waals surface area contributed by atoms with Crippen molar-refractivity contribution >= 4 is 21.8 Å². The van der Waals surface area contributed by atoms with Crippen LogP contribution >= 0.6 is 0 Å². The van der Waals surface area contributed by atoms with Crippen LogP contribution in [0.25, 0.3) is 0 Å². The summed E-state index contributed by atoms with van der Waals surface area (Å²) in [4.78, 5) is 25.1. The van der Waals surface area contributed by atoms with E-state index in [0.717, 1.165) is 38.5 Å². The second kappa shape index (κ2) is 10.4. The summed E-state index contributed by atoms with van der Waals surface area (Å²) in [6, 6.07) is 8.05. The fourth-order valence-electron chi connectivity index (χ4n) is 4.33. The van der Waals surface area contributed by atoms with E-state index in [4.69, 9.17) is 0 Å². The Morgan fingerprint density at radius 1 is 1.00 bits per heavy atom. The number of sulfonamides is 1. The van der Waals surface area contributed by atoms with Gasteiger partial charge in [0.15, 0.2) is 0 Å². The third-order valence-corrected chi connectivity index (χ3v) is 7.73. The lowest BCUT2D eigenvalue weighted by Crippen LogP contribution is -2.49. The van der Waals surface area contributed by atoms with Crippen LogP contribution in [0.15, 0.2) is 35.2 Å². The number of amides is 2. The highest BCUT2D eigenvalue weighted by atomic mass is 32.2. The molecule has 3 rings (SSSR count). The van der Waals surface area contributed by atoms with Crippen LogP contribution in [0.3, 0.4) is 0 Å². The summed E-state index contributed by atoms with van der Waals surface area (Å²) in [6.45, 7) is 2.11. The zero-order valence-corrected chi connectivity index (χ0v) is 18.4. The largest absolute Gasteiger partial charge is 0.352 e. The summed E-state index contributed by atoms with van der Waals surface area (Å²) < 4.78 is 27.4. The summed E-state index contributed by atoms with van der Waals surface area (Å²) in [5.41, 5.74) is 0. The van der Waals surface area contributed by atoms with E-state index >= 15 is 0 Å². The molecule has 0 radical (unpaired) electrons. The molecule has 2 fully saturated rings. The van der Waals surface area contributed by atoms with Crippen molar-refractivity contribution in [3.05, 3.63) is 30.3 Å². The molecule has 1 aromatic carbocycles. The first-order valence-corrected chi connectivity index (χ1v) is 12.5. The zero-order valence-electron chi connectivity index (χ0n) is 17.6. The zero-order chi connectivity index (χ0) is 21.6. The third-order valence-electron chi connectivity index (χ3n) is 6.29. The van der Waals surface area contributed by atoms with E-state index in [0.29, 0.717) is 19.4 Å². The molecule has 3 N–H and O–H groups in total. The lowest BCUT2D eigenvalue weighted by atomic mass is 9.81. The van der Waals surface area contributed by atoms with Gasteiger partial charge >= 0.3 is 0 Å². The molecule has 2 aliphatic carbocycles. The van der Waals surface area contributed by atoms with Gasteiger partial charge < -0.3 is 10.6 Å². The predicted octanol–water partition coefficient (Wildman–Crippen LogP) is 2.33. The van der Waals surface area contributed by atoms with Gasteiger partial charge in [-0.2, -0.15) is 0 Å². The van der Waals surface area contributed by atoms with Gasteiger partial charge in [-0.1, -0.05) is 31.0 Å². The van der Waals surface area contributed by atoms with Gasteiger partial charge in [-0.3, -0.25) is 9.59 Å². The number of rotatable bonds is 8. The molecule has 0 bridgehead atoms. The third kappa shape index (κ3) is 6.28. The monoisotopic (exact) mass is 435 g/mol. The summed E-state index contributed by atoms with van der Waals surface area (Å²) >= 11 is 0. The van der Waals surface area contributed by atoms with Crippen LogP contribution in [-0.2, 0) is 19.6 Å². The summed E-state index contributed by atoms with van der Waals surface area (Å²) in [6.07, 6.45) is 7.33. The topological polar surface area (TPSA) is 104 Å². The molecule has 0 saturated heterocycles. The SMILES string of the molecule is C[C@H](NC(=O)C1CCC(CNS(=O)(=O)c2ccccc2)CC1)C(=O)NC1CCCC1. The van der Waals surface area contributed by atoms with Crippen LogP contribution < -0.4 is 15.4 Å². The molecular formula is C22H33N3O4S. The molecule has 30 heavy (non-hydrogen) atoms. The number of nitrogens with one attached hydrogen (secondary N) is 3. The van der Waals surface area contributed by atoms with E-state index in [1.165, 1.54) is 0 Å². The maximum atomic E-state index is 12.6. The van der Waals surface area contributed by atoms with Gasteiger partial charge in [0.25, 0.3) is 0 Å². The van der Waals surface area contributed by atoms with Crippen LogP contribution in [0, 0.1) is 11.8 Å². The maximum Gasteiger partial charge on any atom is 0.242 e. The molecule has 1 atom stereocenters. The summed E-state index contributed by atoms with van der Waals surface area (Å²) in [7, 11) is -3.50. The minimum absolute atomic E-state index is 0.0765. The van der Waals surface area contributed by atoms with Crippen molar-refractivity contribution in [1.29, 1.82) is 0 Å². The standard InChI is InChI=1S/C22H33N3O4S/c1-16(21(26)25-19-7-5-6-8-19)24-22(27)18-13-11-17(12-14-18)15-23-30(28,29)20-9-3-2-4-10-20/h2-4,9-10,16-19,23H,5-8,11-15H2,1H3,(H,24,27)(H,25,26)/t16-,17?,18?/m0/s1. The molecule has 8 heteroatoms. The van der Waals surface area contributed by atoms with E-state index in [2.05, 4.69) is 15.4 Å². The van der Waals surface area contributed by atoms with Crippen LogP contribution in [0.5, 0.6) is 0 Å². The van der Waals surface area contributed by atoms with Crippen LogP contribution in [0.4, 0.5) is 0 Å². The average Bonchev–Trinajstić information content (AvgIpc) is 3.26. The van der Waals surface area contributed by atoms with E-state index in [1.807, 2.05) is 0 Å². The van der Waals surface area contributed by atoms with Gasteiger partial charge in [0, 0.05) is 18.5 Å². The molecule has 2 amide bonds. The Balaban J connectivity index is 1.39. The highest BCUT2D eigenvalue weighted by molar-refractivity contribution is 7.89. The van der Waals surface area contributed by atoms with Gasteiger partial charge in [0.05, 0.1) is 4.90 Å². The molecule has 0 aromatic heterocycles. The first-order chi connectivity index (χ1) is 14.3. The van der Waals surface area contributed by atoms with Crippen LogP contribution in [0.1, 0.15) is 58.3 Å². The molecule has 1 aromatic rings. The first-order valence-electron chi connectivity index (χ1n) is 11.0. The summed E-state index contributed by atoms with van der Waals surface area (Å²) in [5.74, 6) is -0.0871. The molecule has 0 heterocycles. The van der Waals surface area contributed by atoms with Gasteiger partial charge in [0.2, 0.25) is 21.8 Å². The van der Waals surface area contributed by atoms with Crippen molar-refractivity contribution in [3.8, 4) is 0 Å².